The van der Waals surface area contributed by atoms with Crippen LogP contribution in [0.25, 0.3) is 5.65 Å². The number of fused-ring (bicyclic) bond motifs is 1. The second kappa shape index (κ2) is 8.33. The number of carbonyl (C=O) groups is 1. The molecule has 2 aromatic heterocycles. The number of anilines is 1. The minimum Gasteiger partial charge on any atom is -0.355 e. The zero-order valence-corrected chi connectivity index (χ0v) is 17.4. The monoisotopic (exact) mass is 452 g/mol. The Hall–Kier alpha value is -2.88. The molecule has 11 heteroatoms. The van der Waals surface area contributed by atoms with Crippen molar-refractivity contribution < 1.29 is 18.0 Å². The molecular formula is C20H20ClF3N6O. The molecule has 1 fully saturated rings. The molecule has 1 amide bonds. The third-order valence-corrected chi connectivity index (χ3v) is 5.67. The van der Waals surface area contributed by atoms with E-state index in [4.69, 9.17) is 11.6 Å². The van der Waals surface area contributed by atoms with E-state index in [2.05, 4.69) is 20.6 Å². The van der Waals surface area contributed by atoms with Gasteiger partial charge in [0.25, 0.3) is 5.82 Å². The number of carbonyl (C=O) groups excluding carboxylic acids is 1. The van der Waals surface area contributed by atoms with Crippen molar-refractivity contribution in [1.29, 1.82) is 0 Å². The molecule has 7 nitrogen and oxygen atoms in total. The van der Waals surface area contributed by atoms with Gasteiger partial charge in [0.15, 0.2) is 5.65 Å². The van der Waals surface area contributed by atoms with Crippen molar-refractivity contribution in [2.45, 2.75) is 32.0 Å². The lowest BCUT2D eigenvalue weighted by Crippen LogP contribution is -2.41. The number of piperidine rings is 1. The topological polar surface area (TPSA) is 75.4 Å². The number of hydrogen-bond acceptors (Lipinski definition) is 5. The number of rotatable bonds is 4. The summed E-state index contributed by atoms with van der Waals surface area (Å²) in [5.41, 5.74) is 0.989. The first kappa shape index (κ1) is 21.4. The largest absolute Gasteiger partial charge is 0.453 e. The van der Waals surface area contributed by atoms with Crippen LogP contribution >= 0.6 is 11.6 Å². The lowest BCUT2D eigenvalue weighted by atomic mass is 9.95. The summed E-state index contributed by atoms with van der Waals surface area (Å²) in [4.78, 5) is 14.5. The molecule has 1 saturated heterocycles. The third kappa shape index (κ3) is 4.58. The Morgan fingerprint density at radius 2 is 1.81 bits per heavy atom. The lowest BCUT2D eigenvalue weighted by molar-refractivity contribution is -0.146. The number of nitrogens with one attached hydrogen (secondary N) is 1. The molecule has 1 aromatic carbocycles. The van der Waals surface area contributed by atoms with Gasteiger partial charge in [-0.2, -0.15) is 17.7 Å². The summed E-state index contributed by atoms with van der Waals surface area (Å²) in [5.74, 6) is -0.972. The van der Waals surface area contributed by atoms with Gasteiger partial charge in [0, 0.05) is 24.0 Å². The van der Waals surface area contributed by atoms with Gasteiger partial charge < -0.3 is 10.2 Å². The van der Waals surface area contributed by atoms with Crippen LogP contribution in [0.5, 0.6) is 0 Å². The van der Waals surface area contributed by atoms with Crippen molar-refractivity contribution in [3.05, 3.63) is 52.8 Å². The normalized spacial score (nSPS) is 16.5. The van der Waals surface area contributed by atoms with Crippen LogP contribution < -0.4 is 10.2 Å². The number of aromatic nitrogens is 4. The molecule has 0 radical (unpaired) electrons. The van der Waals surface area contributed by atoms with Crippen LogP contribution in [-0.2, 0) is 11.0 Å². The van der Waals surface area contributed by atoms with E-state index in [0.29, 0.717) is 41.3 Å². The van der Waals surface area contributed by atoms with E-state index in [0.717, 1.165) is 5.56 Å². The number of nitrogens with zero attached hydrogens (tertiary/aromatic N) is 5. The number of benzene rings is 1. The van der Waals surface area contributed by atoms with Gasteiger partial charge in [-0.05, 0) is 49.6 Å². The van der Waals surface area contributed by atoms with Gasteiger partial charge in [-0.1, -0.05) is 23.7 Å². The first-order valence-electron chi connectivity index (χ1n) is 9.83. The second-order valence-electron chi connectivity index (χ2n) is 7.53. The van der Waals surface area contributed by atoms with Crippen molar-refractivity contribution in [2.75, 3.05) is 18.0 Å². The van der Waals surface area contributed by atoms with E-state index in [1.807, 2.05) is 24.0 Å². The fourth-order valence-corrected chi connectivity index (χ4v) is 3.79. The van der Waals surface area contributed by atoms with Crippen molar-refractivity contribution in [3.8, 4) is 0 Å². The predicted molar refractivity (Wildman–Crippen MR) is 109 cm³/mol. The molecule has 3 heterocycles. The van der Waals surface area contributed by atoms with Gasteiger partial charge in [-0.25, -0.2) is 0 Å². The number of halogens is 4. The summed E-state index contributed by atoms with van der Waals surface area (Å²) >= 11 is 5.90. The maximum atomic E-state index is 13.1. The highest BCUT2D eigenvalue weighted by Gasteiger charge is 2.38. The quantitative estimate of drug-likeness (QED) is 0.650. The number of amides is 1. The van der Waals surface area contributed by atoms with Gasteiger partial charge in [-0.15, -0.1) is 15.3 Å². The van der Waals surface area contributed by atoms with Crippen molar-refractivity contribution in [2.24, 2.45) is 5.92 Å². The molecule has 0 spiro atoms. The first-order chi connectivity index (χ1) is 14.7. The Morgan fingerprint density at radius 1 is 1.13 bits per heavy atom. The molecule has 0 unspecified atom stereocenters. The van der Waals surface area contributed by atoms with Crippen LogP contribution in [0.2, 0.25) is 5.02 Å². The standard InChI is InChI=1S/C20H20ClF3N6O/c1-12(13-2-4-15(21)5-3-13)25-18(31)14-8-10-29(11-9-14)17-7-6-16-26-27-19(20(22,23)24)30(16)28-17/h2-7,12,14H,8-11H2,1H3,(H,25,31)/t12-/m0/s1. The lowest BCUT2D eigenvalue weighted by Gasteiger charge is -2.32. The van der Waals surface area contributed by atoms with Gasteiger partial charge in [0.2, 0.25) is 5.91 Å². The Morgan fingerprint density at radius 3 is 2.45 bits per heavy atom. The molecule has 1 aliphatic rings. The minimum absolute atomic E-state index is 0.0292. The average molecular weight is 453 g/mol. The van der Waals surface area contributed by atoms with Crippen molar-refractivity contribution in [1.82, 2.24) is 25.1 Å². The highest BCUT2D eigenvalue weighted by atomic mass is 35.5. The molecule has 31 heavy (non-hydrogen) atoms. The molecular weight excluding hydrogens is 433 g/mol. The van der Waals surface area contributed by atoms with Crippen LogP contribution in [-0.4, -0.2) is 38.8 Å². The third-order valence-electron chi connectivity index (χ3n) is 5.42. The molecule has 1 aliphatic heterocycles. The van der Waals surface area contributed by atoms with Gasteiger partial charge in [0.1, 0.15) is 5.82 Å². The molecule has 4 rings (SSSR count). The van der Waals surface area contributed by atoms with E-state index < -0.39 is 12.0 Å². The molecule has 0 aliphatic carbocycles. The van der Waals surface area contributed by atoms with Gasteiger partial charge >= 0.3 is 6.18 Å². The summed E-state index contributed by atoms with van der Waals surface area (Å²) in [6.45, 7) is 2.93. The maximum Gasteiger partial charge on any atom is 0.453 e. The van der Waals surface area contributed by atoms with Gasteiger partial charge in [-0.3, -0.25) is 4.79 Å². The number of alkyl halides is 3. The molecule has 1 atom stereocenters. The van der Waals surface area contributed by atoms with E-state index in [1.165, 1.54) is 6.07 Å². The Bertz CT molecular complexity index is 1080. The molecule has 0 saturated carbocycles. The van der Waals surface area contributed by atoms with Crippen LogP contribution in [0.15, 0.2) is 36.4 Å². The Kier molecular flexibility index (Phi) is 5.74. The summed E-state index contributed by atoms with van der Waals surface area (Å²) in [7, 11) is 0. The van der Waals surface area contributed by atoms with E-state index in [9.17, 15) is 18.0 Å². The summed E-state index contributed by atoms with van der Waals surface area (Å²) < 4.78 is 40.0. The summed E-state index contributed by atoms with van der Waals surface area (Å²) in [5, 5.41) is 14.4. The van der Waals surface area contributed by atoms with E-state index in [-0.39, 0.29) is 23.5 Å². The van der Waals surface area contributed by atoms with Crippen LogP contribution in [0.1, 0.15) is 37.2 Å². The van der Waals surface area contributed by atoms with Crippen molar-refractivity contribution in [3.63, 3.8) is 0 Å². The molecule has 1 N–H and O–H groups in total. The SMILES string of the molecule is C[C@H](NC(=O)C1CCN(c2ccc3nnc(C(F)(F)F)n3n2)CC1)c1ccc(Cl)cc1. The fraction of sp³-hybridized carbons (Fsp3) is 0.400. The van der Waals surface area contributed by atoms with Crippen LogP contribution in [0.3, 0.4) is 0 Å². The van der Waals surface area contributed by atoms with Crippen molar-refractivity contribution >= 4 is 29.0 Å². The Labute approximate surface area is 181 Å². The molecule has 164 valence electrons. The van der Waals surface area contributed by atoms with Crippen LogP contribution in [0, 0.1) is 5.92 Å². The van der Waals surface area contributed by atoms with E-state index >= 15 is 0 Å². The van der Waals surface area contributed by atoms with Gasteiger partial charge in [0.05, 0.1) is 6.04 Å². The molecule has 3 aromatic rings. The highest BCUT2D eigenvalue weighted by molar-refractivity contribution is 6.30. The number of hydrogen-bond donors (Lipinski definition) is 1. The zero-order valence-electron chi connectivity index (χ0n) is 16.6. The fourth-order valence-electron chi connectivity index (χ4n) is 3.66. The summed E-state index contributed by atoms with van der Waals surface area (Å²) in [6.07, 6.45) is -3.49. The first-order valence-corrected chi connectivity index (χ1v) is 10.2. The average Bonchev–Trinajstić information content (AvgIpc) is 3.18. The summed E-state index contributed by atoms with van der Waals surface area (Å²) in [6, 6.07) is 10.2. The second-order valence-corrected chi connectivity index (χ2v) is 7.96. The smallest absolute Gasteiger partial charge is 0.355 e. The van der Waals surface area contributed by atoms with Crippen LogP contribution in [0.4, 0.5) is 19.0 Å². The molecule has 0 bridgehead atoms. The Balaban J connectivity index is 1.39. The zero-order chi connectivity index (χ0) is 22.2. The minimum atomic E-state index is -4.64. The predicted octanol–water partition coefficient (Wildman–Crippen LogP) is 3.89. The maximum absolute atomic E-state index is 13.1. The highest BCUT2D eigenvalue weighted by Crippen LogP contribution is 2.29. The van der Waals surface area contributed by atoms with E-state index in [1.54, 1.807) is 18.2 Å².